The lowest BCUT2D eigenvalue weighted by Gasteiger charge is -2.29. The van der Waals surface area contributed by atoms with Gasteiger partial charge in [-0.25, -0.2) is 4.79 Å². The van der Waals surface area contributed by atoms with Gasteiger partial charge in [-0.3, -0.25) is 4.79 Å². The highest BCUT2D eigenvalue weighted by Gasteiger charge is 2.23. The molecular formula is C19H27NO5. The van der Waals surface area contributed by atoms with Gasteiger partial charge in [-0.1, -0.05) is 19.8 Å². The van der Waals surface area contributed by atoms with Gasteiger partial charge in [0.25, 0.3) is 5.91 Å². The van der Waals surface area contributed by atoms with Gasteiger partial charge in [0.1, 0.15) is 0 Å². The fourth-order valence-corrected chi connectivity index (χ4v) is 3.06. The lowest BCUT2D eigenvalue weighted by molar-refractivity contribution is -0.125. The molecule has 1 aliphatic carbocycles. The number of hydrogen-bond donors (Lipinski definition) is 1. The van der Waals surface area contributed by atoms with Crippen molar-refractivity contribution in [2.45, 2.75) is 45.6 Å². The second-order valence-corrected chi connectivity index (χ2v) is 6.31. The van der Waals surface area contributed by atoms with Crippen molar-refractivity contribution in [2.24, 2.45) is 5.92 Å². The molecule has 0 aliphatic heterocycles. The highest BCUT2D eigenvalue weighted by atomic mass is 16.5. The van der Waals surface area contributed by atoms with E-state index in [-0.39, 0.29) is 18.6 Å². The highest BCUT2D eigenvalue weighted by molar-refractivity contribution is 5.92. The number of esters is 1. The number of amides is 1. The molecule has 1 aliphatic rings. The van der Waals surface area contributed by atoms with Crippen LogP contribution in [0.2, 0.25) is 0 Å². The molecule has 1 N–H and O–H groups in total. The summed E-state index contributed by atoms with van der Waals surface area (Å²) in [6.45, 7) is 4.23. The minimum atomic E-state index is -0.562. The zero-order valence-electron chi connectivity index (χ0n) is 15.2. The summed E-state index contributed by atoms with van der Waals surface area (Å²) in [6.07, 6.45) is 4.44. The molecule has 138 valence electrons. The molecule has 1 saturated carbocycles. The largest absolute Gasteiger partial charge is 0.493 e. The van der Waals surface area contributed by atoms with Gasteiger partial charge >= 0.3 is 5.97 Å². The SMILES string of the molecule is CCOc1ccc(C(=O)OCC(=O)N[C@@H]2CCCC[C@H]2C)cc1OC. The van der Waals surface area contributed by atoms with Crippen LogP contribution >= 0.6 is 0 Å². The maximum Gasteiger partial charge on any atom is 0.338 e. The first-order valence-electron chi connectivity index (χ1n) is 8.82. The Labute approximate surface area is 148 Å². The molecule has 6 heteroatoms. The third-order valence-electron chi connectivity index (χ3n) is 4.49. The maximum atomic E-state index is 12.1. The van der Waals surface area contributed by atoms with Gasteiger partial charge in [-0.05, 0) is 43.9 Å². The van der Waals surface area contributed by atoms with Crippen LogP contribution in [0.5, 0.6) is 11.5 Å². The summed E-state index contributed by atoms with van der Waals surface area (Å²) in [4.78, 5) is 24.2. The summed E-state index contributed by atoms with van der Waals surface area (Å²) in [7, 11) is 1.51. The quantitative estimate of drug-likeness (QED) is 0.766. The van der Waals surface area contributed by atoms with Crippen molar-refractivity contribution in [3.63, 3.8) is 0 Å². The average molecular weight is 349 g/mol. The molecule has 1 aromatic carbocycles. The van der Waals surface area contributed by atoms with E-state index in [0.29, 0.717) is 29.6 Å². The molecule has 0 spiro atoms. The summed E-state index contributed by atoms with van der Waals surface area (Å²) in [6, 6.07) is 4.97. The number of rotatable bonds is 7. The molecule has 6 nitrogen and oxygen atoms in total. The molecule has 0 saturated heterocycles. The van der Waals surface area contributed by atoms with Crippen molar-refractivity contribution in [1.29, 1.82) is 0 Å². The second-order valence-electron chi connectivity index (χ2n) is 6.31. The number of methoxy groups -OCH3 is 1. The number of benzene rings is 1. The molecule has 0 bridgehead atoms. The molecule has 0 unspecified atom stereocenters. The lowest BCUT2D eigenvalue weighted by Crippen LogP contribution is -2.42. The van der Waals surface area contributed by atoms with Crippen LogP contribution in [0.1, 0.15) is 49.9 Å². The Morgan fingerprint density at radius 3 is 2.64 bits per heavy atom. The van der Waals surface area contributed by atoms with Gasteiger partial charge in [0.05, 0.1) is 19.3 Å². The van der Waals surface area contributed by atoms with Crippen LogP contribution in [0.15, 0.2) is 18.2 Å². The van der Waals surface area contributed by atoms with E-state index in [1.54, 1.807) is 18.2 Å². The molecule has 0 aromatic heterocycles. The third-order valence-corrected chi connectivity index (χ3v) is 4.49. The van der Waals surface area contributed by atoms with Crippen LogP contribution in [0, 0.1) is 5.92 Å². The fraction of sp³-hybridized carbons (Fsp3) is 0.579. The number of ether oxygens (including phenoxy) is 3. The molecule has 0 heterocycles. The normalized spacial score (nSPS) is 19.8. The Balaban J connectivity index is 1.88. The van der Waals surface area contributed by atoms with Gasteiger partial charge in [0.15, 0.2) is 18.1 Å². The third kappa shape index (κ3) is 5.37. The average Bonchev–Trinajstić information content (AvgIpc) is 2.62. The predicted molar refractivity (Wildman–Crippen MR) is 94.0 cm³/mol. The van der Waals surface area contributed by atoms with E-state index in [1.807, 2.05) is 6.92 Å². The first kappa shape index (κ1) is 19.1. The minimum Gasteiger partial charge on any atom is -0.493 e. The van der Waals surface area contributed by atoms with Crippen LogP contribution in [0.3, 0.4) is 0 Å². The van der Waals surface area contributed by atoms with Gasteiger partial charge in [-0.2, -0.15) is 0 Å². The second kappa shape index (κ2) is 9.30. The molecule has 0 radical (unpaired) electrons. The lowest BCUT2D eigenvalue weighted by atomic mass is 9.86. The smallest absolute Gasteiger partial charge is 0.338 e. The highest BCUT2D eigenvalue weighted by Crippen LogP contribution is 2.28. The fourth-order valence-electron chi connectivity index (χ4n) is 3.06. The maximum absolute atomic E-state index is 12.1. The molecule has 25 heavy (non-hydrogen) atoms. The summed E-state index contributed by atoms with van der Waals surface area (Å²) in [5.74, 6) is 0.657. The topological polar surface area (TPSA) is 73.9 Å². The van der Waals surface area contributed by atoms with Crippen molar-refractivity contribution in [1.82, 2.24) is 5.32 Å². The van der Waals surface area contributed by atoms with Crippen LogP contribution in [-0.2, 0) is 9.53 Å². The monoisotopic (exact) mass is 349 g/mol. The predicted octanol–water partition coefficient (Wildman–Crippen LogP) is 2.95. The molecule has 1 aromatic rings. The minimum absolute atomic E-state index is 0.172. The standard InChI is InChI=1S/C19H27NO5/c1-4-24-16-10-9-14(11-17(16)23-3)19(22)25-12-18(21)20-15-8-6-5-7-13(15)2/h9-11,13,15H,4-8,12H2,1-3H3,(H,20,21)/t13-,15-/m1/s1. The van der Waals surface area contributed by atoms with Crippen LogP contribution in [0.4, 0.5) is 0 Å². The zero-order chi connectivity index (χ0) is 18.2. The summed E-state index contributed by atoms with van der Waals surface area (Å²) in [5, 5.41) is 2.96. The van der Waals surface area contributed by atoms with E-state index < -0.39 is 5.97 Å². The first-order valence-corrected chi connectivity index (χ1v) is 8.82. The summed E-state index contributed by atoms with van der Waals surface area (Å²) < 4.78 is 15.7. The van der Waals surface area contributed by atoms with Crippen molar-refractivity contribution in [3.05, 3.63) is 23.8 Å². The van der Waals surface area contributed by atoms with Crippen molar-refractivity contribution in [3.8, 4) is 11.5 Å². The van der Waals surface area contributed by atoms with Gasteiger partial charge in [0, 0.05) is 6.04 Å². The molecule has 1 amide bonds. The van der Waals surface area contributed by atoms with E-state index in [0.717, 1.165) is 19.3 Å². The summed E-state index contributed by atoms with van der Waals surface area (Å²) >= 11 is 0. The van der Waals surface area contributed by atoms with Gasteiger partial charge in [0.2, 0.25) is 0 Å². The molecule has 2 rings (SSSR count). The van der Waals surface area contributed by atoms with Crippen molar-refractivity contribution in [2.75, 3.05) is 20.3 Å². The number of carbonyl (C=O) groups is 2. The Kier molecular flexibility index (Phi) is 7.10. The van der Waals surface area contributed by atoms with E-state index >= 15 is 0 Å². The molecular weight excluding hydrogens is 322 g/mol. The van der Waals surface area contributed by atoms with Crippen molar-refractivity contribution < 1.29 is 23.8 Å². The molecule has 1 fully saturated rings. The Morgan fingerprint density at radius 2 is 1.96 bits per heavy atom. The van der Waals surface area contributed by atoms with Crippen LogP contribution < -0.4 is 14.8 Å². The Hall–Kier alpha value is -2.24. The number of nitrogens with one attached hydrogen (secondary N) is 1. The number of carbonyl (C=O) groups excluding carboxylic acids is 2. The molecule has 2 atom stereocenters. The van der Waals surface area contributed by atoms with Crippen molar-refractivity contribution >= 4 is 11.9 Å². The van der Waals surface area contributed by atoms with Gasteiger partial charge < -0.3 is 19.5 Å². The van der Waals surface area contributed by atoms with Crippen LogP contribution in [-0.4, -0.2) is 38.2 Å². The van der Waals surface area contributed by atoms with Gasteiger partial charge in [-0.15, -0.1) is 0 Å². The number of hydrogen-bond acceptors (Lipinski definition) is 5. The Morgan fingerprint density at radius 1 is 1.20 bits per heavy atom. The van der Waals surface area contributed by atoms with Crippen LogP contribution in [0.25, 0.3) is 0 Å². The zero-order valence-corrected chi connectivity index (χ0v) is 15.2. The Bertz CT molecular complexity index is 601. The van der Waals surface area contributed by atoms with E-state index in [9.17, 15) is 9.59 Å². The first-order chi connectivity index (χ1) is 12.0. The van der Waals surface area contributed by atoms with E-state index in [2.05, 4.69) is 12.2 Å². The van der Waals surface area contributed by atoms with E-state index in [4.69, 9.17) is 14.2 Å². The van der Waals surface area contributed by atoms with E-state index in [1.165, 1.54) is 13.5 Å². The summed E-state index contributed by atoms with van der Waals surface area (Å²) in [5.41, 5.74) is 0.319.